The number of carbonyl (C=O) groups is 1. The molecule has 46 valence electrons. The predicted molar refractivity (Wildman–Crippen MR) is 34.6 cm³/mol. The van der Waals surface area contributed by atoms with Crippen molar-refractivity contribution < 1.29 is 9.53 Å². The molecule has 2 nitrogen and oxygen atoms in total. The van der Waals surface area contributed by atoms with Crippen LogP contribution in [0.2, 0.25) is 6.32 Å². The van der Waals surface area contributed by atoms with Crippen LogP contribution in [0.5, 0.6) is 0 Å². The normalized spacial score (nSPS) is 8.62. The Hall–Kier alpha value is -0.465. The largest absolute Gasteiger partial charge is 0.469 e. The number of hydrogen-bond acceptors (Lipinski definition) is 2. The summed E-state index contributed by atoms with van der Waals surface area (Å²) in [5, 5.41) is 0. The number of methoxy groups -OCH3 is 1. The molecule has 0 atom stereocenters. The zero-order valence-corrected chi connectivity index (χ0v) is 5.44. The van der Waals surface area contributed by atoms with Crippen LogP contribution < -0.4 is 0 Å². The molecule has 0 aromatic carbocycles. The van der Waals surface area contributed by atoms with Crippen LogP contribution in [0.3, 0.4) is 0 Å². The highest BCUT2D eigenvalue weighted by Gasteiger charge is 1.95. The lowest BCUT2D eigenvalue weighted by Crippen LogP contribution is -1.98. The van der Waals surface area contributed by atoms with Crippen molar-refractivity contribution in [3.8, 4) is 0 Å². The number of ether oxygens (including phenoxy) is 1. The van der Waals surface area contributed by atoms with Gasteiger partial charge in [0.15, 0.2) is 0 Å². The second-order valence-electron chi connectivity index (χ2n) is 1.68. The smallest absolute Gasteiger partial charge is 0.305 e. The van der Waals surface area contributed by atoms with Crippen molar-refractivity contribution in [2.45, 2.75) is 19.2 Å². The van der Waals surface area contributed by atoms with Gasteiger partial charge in [0, 0.05) is 6.42 Å². The molecule has 0 rings (SSSR count). The van der Waals surface area contributed by atoms with Gasteiger partial charge in [-0.1, -0.05) is 6.32 Å². The zero-order valence-electron chi connectivity index (χ0n) is 5.44. The van der Waals surface area contributed by atoms with E-state index in [-0.39, 0.29) is 5.97 Å². The molecule has 0 aromatic heterocycles. The molecule has 0 radical (unpaired) electrons. The van der Waals surface area contributed by atoms with Gasteiger partial charge in [0.25, 0.3) is 0 Å². The van der Waals surface area contributed by atoms with Gasteiger partial charge >= 0.3 is 5.97 Å². The summed E-state index contributed by atoms with van der Waals surface area (Å²) in [6.07, 6.45) is 2.55. The van der Waals surface area contributed by atoms with E-state index in [1.54, 1.807) is 0 Å². The van der Waals surface area contributed by atoms with E-state index >= 15 is 0 Å². The fraction of sp³-hybridized carbons (Fsp3) is 0.800. The van der Waals surface area contributed by atoms with Crippen LogP contribution in [-0.2, 0) is 9.53 Å². The van der Waals surface area contributed by atoms with Crippen molar-refractivity contribution in [2.24, 2.45) is 0 Å². The fourth-order valence-corrected chi connectivity index (χ4v) is 0.423. The first-order chi connectivity index (χ1) is 3.81. The fourth-order valence-electron chi connectivity index (χ4n) is 0.423. The van der Waals surface area contributed by atoms with E-state index < -0.39 is 0 Å². The van der Waals surface area contributed by atoms with E-state index in [0.717, 1.165) is 12.7 Å². The summed E-state index contributed by atoms with van der Waals surface area (Å²) in [6.45, 7) is 0. The lowest BCUT2D eigenvalue weighted by Gasteiger charge is -1.93. The molecule has 0 saturated heterocycles. The van der Waals surface area contributed by atoms with Gasteiger partial charge in [-0.05, 0) is 6.42 Å². The third kappa shape index (κ3) is 3.72. The molecule has 0 aliphatic rings. The molecule has 0 aromatic rings. The van der Waals surface area contributed by atoms with Crippen molar-refractivity contribution in [2.75, 3.05) is 7.11 Å². The summed E-state index contributed by atoms with van der Waals surface area (Å²) in [7, 11) is 3.46. The molecule has 0 aliphatic heterocycles. The van der Waals surface area contributed by atoms with Gasteiger partial charge in [-0.3, -0.25) is 4.79 Å². The van der Waals surface area contributed by atoms with Crippen LogP contribution in [0.15, 0.2) is 0 Å². The van der Waals surface area contributed by atoms with Gasteiger partial charge < -0.3 is 4.74 Å². The third-order valence-electron chi connectivity index (χ3n) is 0.962. The zero-order chi connectivity index (χ0) is 6.41. The Bertz CT molecular complexity index is 72.8. The lowest BCUT2D eigenvalue weighted by atomic mass is 10.0. The summed E-state index contributed by atoms with van der Waals surface area (Å²) < 4.78 is 4.41. The van der Waals surface area contributed by atoms with Crippen LogP contribution in [0.25, 0.3) is 0 Å². The summed E-state index contributed by atoms with van der Waals surface area (Å²) in [4.78, 5) is 10.3. The Balaban J connectivity index is 2.99. The Morgan fingerprint density at radius 1 is 1.75 bits per heavy atom. The second kappa shape index (κ2) is 4.69. The van der Waals surface area contributed by atoms with Crippen LogP contribution >= 0.6 is 0 Å². The number of rotatable bonds is 3. The Labute approximate surface area is 50.6 Å². The summed E-state index contributed by atoms with van der Waals surface area (Å²) in [5.41, 5.74) is 0. The Morgan fingerprint density at radius 2 is 2.38 bits per heavy atom. The maximum atomic E-state index is 10.3. The highest BCUT2D eigenvalue weighted by molar-refractivity contribution is 6.08. The summed E-state index contributed by atoms with van der Waals surface area (Å²) in [6, 6.07) is 0. The van der Waals surface area contributed by atoms with Crippen molar-refractivity contribution in [1.29, 1.82) is 0 Å². The SMILES string of the molecule is BCCCC(=O)OC. The van der Waals surface area contributed by atoms with Crippen molar-refractivity contribution in [3.05, 3.63) is 0 Å². The highest BCUT2D eigenvalue weighted by Crippen LogP contribution is 1.93. The number of hydrogen-bond donors (Lipinski definition) is 0. The van der Waals surface area contributed by atoms with Crippen LogP contribution in [0, 0.1) is 0 Å². The van der Waals surface area contributed by atoms with Gasteiger partial charge in [-0.25, -0.2) is 0 Å². The molecular formula is C5H11BO2. The molecule has 0 spiro atoms. The molecule has 0 unspecified atom stereocenters. The molecular weight excluding hydrogens is 103 g/mol. The summed E-state index contributed by atoms with van der Waals surface area (Å²) in [5.74, 6) is -0.105. The second-order valence-corrected chi connectivity index (χ2v) is 1.68. The van der Waals surface area contributed by atoms with Gasteiger partial charge in [-0.2, -0.15) is 0 Å². The molecule has 0 N–H and O–H groups in total. The topological polar surface area (TPSA) is 26.3 Å². The monoisotopic (exact) mass is 114 g/mol. The average molecular weight is 114 g/mol. The van der Waals surface area contributed by atoms with Gasteiger partial charge in [-0.15, -0.1) is 0 Å². The Morgan fingerprint density at radius 3 is 2.75 bits per heavy atom. The number of esters is 1. The van der Waals surface area contributed by atoms with Gasteiger partial charge in [0.2, 0.25) is 0 Å². The predicted octanol–water partition coefficient (Wildman–Crippen LogP) is -0.00900. The average Bonchev–Trinajstić information content (AvgIpc) is 1.83. The van der Waals surface area contributed by atoms with E-state index in [9.17, 15) is 4.79 Å². The van der Waals surface area contributed by atoms with Crippen molar-refractivity contribution >= 4 is 13.8 Å². The van der Waals surface area contributed by atoms with Crippen LogP contribution in [0.4, 0.5) is 0 Å². The maximum absolute atomic E-state index is 10.3. The maximum Gasteiger partial charge on any atom is 0.305 e. The highest BCUT2D eigenvalue weighted by atomic mass is 16.5. The minimum absolute atomic E-state index is 0.105. The quantitative estimate of drug-likeness (QED) is 0.381. The van der Waals surface area contributed by atoms with Crippen LogP contribution in [-0.4, -0.2) is 20.9 Å². The van der Waals surface area contributed by atoms with Crippen LogP contribution in [0.1, 0.15) is 12.8 Å². The minimum Gasteiger partial charge on any atom is -0.469 e. The molecule has 0 aliphatic carbocycles. The molecule has 8 heavy (non-hydrogen) atoms. The standard InChI is InChI=1S/C5H11BO2/c1-8-5(7)3-2-4-6/h2-4,6H2,1H3. The molecule has 0 bridgehead atoms. The van der Waals surface area contributed by atoms with E-state index in [1.165, 1.54) is 7.11 Å². The van der Waals surface area contributed by atoms with E-state index in [2.05, 4.69) is 4.74 Å². The first-order valence-electron chi connectivity index (χ1n) is 2.88. The first-order valence-corrected chi connectivity index (χ1v) is 2.88. The first kappa shape index (κ1) is 7.53. The third-order valence-corrected chi connectivity index (χ3v) is 0.962. The molecule has 0 saturated carbocycles. The van der Waals surface area contributed by atoms with E-state index in [0.29, 0.717) is 6.42 Å². The minimum atomic E-state index is -0.105. The van der Waals surface area contributed by atoms with Crippen molar-refractivity contribution in [1.82, 2.24) is 0 Å². The van der Waals surface area contributed by atoms with E-state index in [1.807, 2.05) is 7.85 Å². The molecule has 3 heteroatoms. The van der Waals surface area contributed by atoms with Crippen molar-refractivity contribution in [3.63, 3.8) is 0 Å². The lowest BCUT2D eigenvalue weighted by molar-refractivity contribution is -0.140. The molecule has 0 heterocycles. The summed E-state index contributed by atoms with van der Waals surface area (Å²) >= 11 is 0. The number of carbonyl (C=O) groups excluding carboxylic acids is 1. The van der Waals surface area contributed by atoms with Gasteiger partial charge in [0.1, 0.15) is 7.85 Å². The van der Waals surface area contributed by atoms with E-state index in [4.69, 9.17) is 0 Å². The molecule has 0 fully saturated rings. The Kier molecular flexibility index (Phi) is 4.42. The molecule has 0 amide bonds. The van der Waals surface area contributed by atoms with Gasteiger partial charge in [0.05, 0.1) is 7.11 Å².